The summed E-state index contributed by atoms with van der Waals surface area (Å²) in [6, 6.07) is 9.12. The lowest BCUT2D eigenvalue weighted by atomic mass is 9.91. The summed E-state index contributed by atoms with van der Waals surface area (Å²) < 4.78 is 5.83. The third kappa shape index (κ3) is 2.98. The van der Waals surface area contributed by atoms with E-state index < -0.39 is 0 Å². The Morgan fingerprint density at radius 3 is 2.32 bits per heavy atom. The van der Waals surface area contributed by atoms with Crippen molar-refractivity contribution in [1.29, 1.82) is 0 Å². The Bertz CT molecular complexity index is 718. The van der Waals surface area contributed by atoms with Gasteiger partial charge in [-0.25, -0.2) is 0 Å². The molecule has 3 nitrogen and oxygen atoms in total. The van der Waals surface area contributed by atoms with Crippen molar-refractivity contribution in [3.05, 3.63) is 58.1 Å². The molecular formula is C19H23NO2. The zero-order valence-electron chi connectivity index (χ0n) is 13.9. The van der Waals surface area contributed by atoms with Gasteiger partial charge >= 0.3 is 0 Å². The zero-order valence-corrected chi connectivity index (χ0v) is 13.9. The second-order valence-electron chi connectivity index (χ2n) is 5.90. The topological polar surface area (TPSA) is 52.3 Å². The van der Waals surface area contributed by atoms with Crippen LogP contribution in [0.15, 0.2) is 30.3 Å². The van der Waals surface area contributed by atoms with Crippen molar-refractivity contribution in [3.63, 3.8) is 0 Å². The van der Waals surface area contributed by atoms with E-state index in [-0.39, 0.29) is 11.9 Å². The highest BCUT2D eigenvalue weighted by Crippen LogP contribution is 2.30. The molecule has 0 aromatic heterocycles. The third-order valence-corrected chi connectivity index (χ3v) is 3.84. The van der Waals surface area contributed by atoms with Crippen molar-refractivity contribution >= 4 is 11.5 Å². The SMILES string of the molecule is Cc1cc(OC(C)C)c(C)c(C)c1C(=O)c1ccccc1N. The molecule has 22 heavy (non-hydrogen) atoms. The Balaban J connectivity index is 2.55. The molecule has 2 rings (SSSR count). The summed E-state index contributed by atoms with van der Waals surface area (Å²) in [4.78, 5) is 12.9. The average Bonchev–Trinajstić information content (AvgIpc) is 2.44. The molecule has 0 aliphatic heterocycles. The van der Waals surface area contributed by atoms with Crippen LogP contribution in [-0.4, -0.2) is 11.9 Å². The summed E-state index contributed by atoms with van der Waals surface area (Å²) in [6.45, 7) is 9.87. The number of para-hydroxylation sites is 1. The number of carbonyl (C=O) groups is 1. The Labute approximate surface area is 132 Å². The second kappa shape index (κ2) is 6.22. The number of benzene rings is 2. The molecule has 0 amide bonds. The second-order valence-corrected chi connectivity index (χ2v) is 5.90. The number of hydrogen-bond donors (Lipinski definition) is 1. The molecule has 0 unspecified atom stereocenters. The predicted molar refractivity (Wildman–Crippen MR) is 90.7 cm³/mol. The van der Waals surface area contributed by atoms with Gasteiger partial charge in [-0.05, 0) is 69.5 Å². The Morgan fingerprint density at radius 2 is 1.73 bits per heavy atom. The quantitative estimate of drug-likeness (QED) is 0.679. The Hall–Kier alpha value is -2.29. The first kappa shape index (κ1) is 16.1. The number of anilines is 1. The molecule has 0 heterocycles. The number of nitrogens with two attached hydrogens (primary N) is 1. The molecular weight excluding hydrogens is 274 g/mol. The minimum Gasteiger partial charge on any atom is -0.491 e. The van der Waals surface area contributed by atoms with E-state index in [1.807, 2.05) is 52.8 Å². The van der Waals surface area contributed by atoms with Gasteiger partial charge in [-0.1, -0.05) is 12.1 Å². The molecule has 0 aliphatic carbocycles. The summed E-state index contributed by atoms with van der Waals surface area (Å²) in [5, 5.41) is 0. The fraction of sp³-hybridized carbons (Fsp3) is 0.316. The van der Waals surface area contributed by atoms with Gasteiger partial charge in [-0.15, -0.1) is 0 Å². The Kier molecular flexibility index (Phi) is 4.55. The van der Waals surface area contributed by atoms with Gasteiger partial charge in [-0.2, -0.15) is 0 Å². The van der Waals surface area contributed by atoms with Crippen molar-refractivity contribution in [1.82, 2.24) is 0 Å². The van der Waals surface area contributed by atoms with Crippen molar-refractivity contribution in [3.8, 4) is 5.75 Å². The minimum absolute atomic E-state index is 0.0349. The maximum Gasteiger partial charge on any atom is 0.195 e. The molecule has 2 N–H and O–H groups in total. The summed E-state index contributed by atoms with van der Waals surface area (Å²) in [7, 11) is 0. The smallest absolute Gasteiger partial charge is 0.195 e. The monoisotopic (exact) mass is 297 g/mol. The summed E-state index contributed by atoms with van der Waals surface area (Å²) in [6.07, 6.45) is 0.101. The molecule has 0 aliphatic rings. The maximum atomic E-state index is 12.9. The third-order valence-electron chi connectivity index (χ3n) is 3.84. The molecule has 0 saturated carbocycles. The van der Waals surface area contributed by atoms with Crippen LogP contribution in [0.1, 0.15) is 46.5 Å². The molecule has 2 aromatic rings. The van der Waals surface area contributed by atoms with Crippen LogP contribution < -0.4 is 10.5 Å². The van der Waals surface area contributed by atoms with E-state index in [1.54, 1.807) is 12.1 Å². The van der Waals surface area contributed by atoms with Crippen LogP contribution in [0, 0.1) is 20.8 Å². The Morgan fingerprint density at radius 1 is 1.09 bits per heavy atom. The van der Waals surface area contributed by atoms with Gasteiger partial charge in [0, 0.05) is 16.8 Å². The molecule has 0 spiro atoms. The van der Waals surface area contributed by atoms with E-state index >= 15 is 0 Å². The first-order valence-electron chi connectivity index (χ1n) is 7.49. The molecule has 0 bridgehead atoms. The fourth-order valence-corrected chi connectivity index (χ4v) is 2.61. The van der Waals surface area contributed by atoms with E-state index in [4.69, 9.17) is 10.5 Å². The number of ether oxygens (including phenoxy) is 1. The lowest BCUT2D eigenvalue weighted by Crippen LogP contribution is -2.12. The van der Waals surface area contributed by atoms with Crippen molar-refractivity contribution in [2.24, 2.45) is 0 Å². The van der Waals surface area contributed by atoms with Gasteiger partial charge in [0.2, 0.25) is 0 Å². The molecule has 0 fully saturated rings. The number of hydrogen-bond acceptors (Lipinski definition) is 3. The van der Waals surface area contributed by atoms with Crippen LogP contribution in [-0.2, 0) is 0 Å². The van der Waals surface area contributed by atoms with Gasteiger partial charge in [0.25, 0.3) is 0 Å². The van der Waals surface area contributed by atoms with Gasteiger partial charge in [0.15, 0.2) is 5.78 Å². The zero-order chi connectivity index (χ0) is 16.4. The molecule has 0 atom stereocenters. The minimum atomic E-state index is -0.0349. The molecule has 0 saturated heterocycles. The van der Waals surface area contributed by atoms with Crippen LogP contribution in [0.4, 0.5) is 5.69 Å². The van der Waals surface area contributed by atoms with E-state index in [9.17, 15) is 4.79 Å². The van der Waals surface area contributed by atoms with Gasteiger partial charge in [0.05, 0.1) is 6.10 Å². The average molecular weight is 297 g/mol. The highest BCUT2D eigenvalue weighted by molar-refractivity contribution is 6.13. The normalized spacial score (nSPS) is 10.8. The molecule has 3 heteroatoms. The van der Waals surface area contributed by atoms with Gasteiger partial charge < -0.3 is 10.5 Å². The standard InChI is InChI=1S/C19H23NO2/c1-11(2)22-17-10-12(3)18(14(5)13(17)4)19(21)15-8-6-7-9-16(15)20/h6-11H,20H2,1-5H3. The van der Waals surface area contributed by atoms with Crippen LogP contribution >= 0.6 is 0 Å². The molecule has 116 valence electrons. The number of ketones is 1. The lowest BCUT2D eigenvalue weighted by molar-refractivity contribution is 0.103. The van der Waals surface area contributed by atoms with Crippen LogP contribution in [0.2, 0.25) is 0 Å². The van der Waals surface area contributed by atoms with E-state index in [1.165, 1.54) is 0 Å². The number of rotatable bonds is 4. The lowest BCUT2D eigenvalue weighted by Gasteiger charge is -2.18. The first-order valence-corrected chi connectivity index (χ1v) is 7.49. The predicted octanol–water partition coefficient (Wildman–Crippen LogP) is 4.21. The number of carbonyl (C=O) groups excluding carboxylic acids is 1. The van der Waals surface area contributed by atoms with E-state index in [0.717, 1.165) is 22.4 Å². The van der Waals surface area contributed by atoms with Gasteiger partial charge in [-0.3, -0.25) is 4.79 Å². The van der Waals surface area contributed by atoms with Gasteiger partial charge in [0.1, 0.15) is 5.75 Å². The van der Waals surface area contributed by atoms with Crippen LogP contribution in [0.25, 0.3) is 0 Å². The fourth-order valence-electron chi connectivity index (χ4n) is 2.61. The van der Waals surface area contributed by atoms with Crippen molar-refractivity contribution < 1.29 is 9.53 Å². The summed E-state index contributed by atoms with van der Waals surface area (Å²) in [5.41, 5.74) is 10.6. The highest BCUT2D eigenvalue weighted by atomic mass is 16.5. The number of aryl methyl sites for hydroxylation is 1. The molecule has 2 aromatic carbocycles. The highest BCUT2D eigenvalue weighted by Gasteiger charge is 2.20. The number of nitrogen functional groups attached to an aromatic ring is 1. The van der Waals surface area contributed by atoms with E-state index in [0.29, 0.717) is 16.8 Å². The van der Waals surface area contributed by atoms with Crippen LogP contribution in [0.3, 0.4) is 0 Å². The van der Waals surface area contributed by atoms with E-state index in [2.05, 4.69) is 0 Å². The maximum absolute atomic E-state index is 12.9. The summed E-state index contributed by atoms with van der Waals surface area (Å²) in [5.74, 6) is 0.801. The summed E-state index contributed by atoms with van der Waals surface area (Å²) >= 11 is 0. The van der Waals surface area contributed by atoms with Crippen LogP contribution in [0.5, 0.6) is 5.75 Å². The largest absolute Gasteiger partial charge is 0.491 e. The van der Waals surface area contributed by atoms with Crippen molar-refractivity contribution in [2.75, 3.05) is 5.73 Å². The van der Waals surface area contributed by atoms with Crippen molar-refractivity contribution in [2.45, 2.75) is 40.7 Å². The first-order chi connectivity index (χ1) is 10.3. The molecule has 0 radical (unpaired) electrons.